The van der Waals surface area contributed by atoms with E-state index in [0.717, 1.165) is 22.1 Å². The van der Waals surface area contributed by atoms with E-state index in [1.807, 2.05) is 49.4 Å². The van der Waals surface area contributed by atoms with Crippen LogP contribution in [0.5, 0.6) is 0 Å². The van der Waals surface area contributed by atoms with E-state index in [-0.39, 0.29) is 4.90 Å². The second-order valence-corrected chi connectivity index (χ2v) is 6.90. The third kappa shape index (κ3) is 3.40. The molecule has 6 heteroatoms. The van der Waals surface area contributed by atoms with E-state index in [4.69, 9.17) is 0 Å². The maximum atomic E-state index is 11.7. The molecule has 0 aliphatic carbocycles. The van der Waals surface area contributed by atoms with Crippen molar-refractivity contribution in [3.8, 4) is 0 Å². The fourth-order valence-electron chi connectivity index (χ4n) is 2.33. The van der Waals surface area contributed by atoms with Gasteiger partial charge in [0.2, 0.25) is 4.90 Å². The van der Waals surface area contributed by atoms with E-state index in [1.54, 1.807) is 12.1 Å². The van der Waals surface area contributed by atoms with Gasteiger partial charge in [-0.1, -0.05) is 23.8 Å². The Bertz CT molecular complexity index is 894. The molecule has 0 saturated heterocycles. The molecule has 0 bridgehead atoms. The molecule has 0 aromatic heterocycles. The molecule has 3 aromatic rings. The van der Waals surface area contributed by atoms with Crippen molar-refractivity contribution in [2.75, 3.05) is 5.32 Å². The Labute approximate surface area is 135 Å². The van der Waals surface area contributed by atoms with Crippen LogP contribution in [-0.2, 0) is 23.5 Å². The first kappa shape index (κ1) is 15.6. The summed E-state index contributed by atoms with van der Waals surface area (Å²) in [5.41, 5.74) is 3.14. The molecular formula is C17H17N2O3S+2. The van der Waals surface area contributed by atoms with Gasteiger partial charge in [-0.05, 0) is 52.2 Å². The SMILES string of the molecule is Cc1ccc(Nc2ccc3cc([S+]([O])(=O)O[NH3+])ccc3c2)cc1. The Morgan fingerprint density at radius 3 is 2.22 bits per heavy atom. The quantitative estimate of drug-likeness (QED) is 0.569. The van der Waals surface area contributed by atoms with Gasteiger partial charge in [0.1, 0.15) is 0 Å². The summed E-state index contributed by atoms with van der Waals surface area (Å²) in [5.74, 6) is 2.98. The Morgan fingerprint density at radius 1 is 0.913 bits per heavy atom. The average molecular weight is 329 g/mol. The van der Waals surface area contributed by atoms with Crippen LogP contribution in [0.3, 0.4) is 0 Å². The lowest BCUT2D eigenvalue weighted by molar-refractivity contribution is -0.637. The largest absolute Gasteiger partial charge is 0.482 e. The van der Waals surface area contributed by atoms with E-state index in [2.05, 4.69) is 15.5 Å². The minimum absolute atomic E-state index is 0.0965. The second kappa shape index (κ2) is 6.10. The molecule has 0 fully saturated rings. The van der Waals surface area contributed by atoms with Crippen LogP contribution < -0.4 is 11.2 Å². The fraction of sp³-hybridized carbons (Fsp3) is 0.0588. The number of aryl methyl sites for hydroxylation is 1. The van der Waals surface area contributed by atoms with Crippen molar-refractivity contribution in [3.63, 3.8) is 0 Å². The predicted octanol–water partition coefficient (Wildman–Crippen LogP) is 3.18. The molecule has 1 atom stereocenters. The van der Waals surface area contributed by atoms with Gasteiger partial charge in [0, 0.05) is 23.5 Å². The monoisotopic (exact) mass is 329 g/mol. The molecule has 0 aliphatic heterocycles. The van der Waals surface area contributed by atoms with Crippen LogP contribution in [0.25, 0.3) is 10.8 Å². The molecule has 0 spiro atoms. The van der Waals surface area contributed by atoms with Gasteiger partial charge in [-0.3, -0.25) is 0 Å². The number of benzene rings is 3. The van der Waals surface area contributed by atoms with E-state index in [9.17, 15) is 8.76 Å². The zero-order valence-electron chi connectivity index (χ0n) is 12.6. The van der Waals surface area contributed by atoms with E-state index >= 15 is 0 Å². The molecule has 0 heterocycles. The van der Waals surface area contributed by atoms with Crippen molar-refractivity contribution in [2.24, 2.45) is 0 Å². The maximum Gasteiger partial charge on any atom is 0.482 e. The van der Waals surface area contributed by atoms with Gasteiger partial charge in [0.25, 0.3) is 0 Å². The second-order valence-electron chi connectivity index (χ2n) is 5.29. The number of nitrogens with one attached hydrogen (secondary N) is 1. The zero-order valence-corrected chi connectivity index (χ0v) is 13.4. The predicted molar refractivity (Wildman–Crippen MR) is 89.4 cm³/mol. The third-order valence-corrected chi connectivity index (χ3v) is 4.74. The number of quaternary nitrogens is 1. The van der Waals surface area contributed by atoms with Gasteiger partial charge in [0.15, 0.2) is 0 Å². The van der Waals surface area contributed by atoms with Gasteiger partial charge in [-0.2, -0.15) is 5.90 Å². The number of hydrogen-bond acceptors (Lipinski definition) is 3. The number of hydrogen-bond donors (Lipinski definition) is 2. The summed E-state index contributed by atoms with van der Waals surface area (Å²) in [4.78, 5) is 0.0965. The topological polar surface area (TPSA) is 85.9 Å². The minimum atomic E-state index is -3.78. The van der Waals surface area contributed by atoms with E-state index in [1.165, 1.54) is 11.6 Å². The summed E-state index contributed by atoms with van der Waals surface area (Å²) in [6.45, 7) is 2.04. The van der Waals surface area contributed by atoms with Crippen molar-refractivity contribution in [1.29, 1.82) is 0 Å². The molecule has 4 N–H and O–H groups in total. The summed E-state index contributed by atoms with van der Waals surface area (Å²) in [6.07, 6.45) is 0. The summed E-state index contributed by atoms with van der Waals surface area (Å²) in [5, 5.41) is 5.08. The van der Waals surface area contributed by atoms with E-state index in [0.29, 0.717) is 0 Å². The Kier molecular flexibility index (Phi) is 4.14. The van der Waals surface area contributed by atoms with Crippen LogP contribution in [0.1, 0.15) is 5.56 Å². The van der Waals surface area contributed by atoms with Gasteiger partial charge in [-0.15, -0.1) is 0 Å². The van der Waals surface area contributed by atoms with E-state index < -0.39 is 10.5 Å². The van der Waals surface area contributed by atoms with Crippen molar-refractivity contribution >= 4 is 32.6 Å². The van der Waals surface area contributed by atoms with Crippen LogP contribution in [0.15, 0.2) is 65.6 Å². The highest BCUT2D eigenvalue weighted by Crippen LogP contribution is 2.26. The summed E-state index contributed by atoms with van der Waals surface area (Å²) >= 11 is 0. The van der Waals surface area contributed by atoms with Gasteiger partial charge >= 0.3 is 10.5 Å². The molecule has 117 valence electrons. The first-order valence-electron chi connectivity index (χ1n) is 7.04. The first-order chi connectivity index (χ1) is 11.0. The normalized spacial score (nSPS) is 13.7. The molecule has 1 radical (unpaired) electrons. The van der Waals surface area contributed by atoms with Crippen LogP contribution >= 0.6 is 0 Å². The molecule has 0 saturated carbocycles. The highest BCUT2D eigenvalue weighted by Gasteiger charge is 2.36. The standard InChI is InChI=1S/C17H17N2O3S/c1-12-2-6-15(7-3-12)19-16-8-4-14-11-17(23(20,21)22-18)9-5-13(14)10-16/h2-11,19H,1,18H3/q+2. The van der Waals surface area contributed by atoms with Crippen molar-refractivity contribution in [3.05, 3.63) is 66.2 Å². The highest BCUT2D eigenvalue weighted by molar-refractivity contribution is 7.92. The minimum Gasteiger partial charge on any atom is -0.356 e. The average Bonchev–Trinajstić information content (AvgIpc) is 2.56. The molecular weight excluding hydrogens is 312 g/mol. The number of rotatable bonds is 4. The Hall–Kier alpha value is -2.25. The molecule has 23 heavy (non-hydrogen) atoms. The van der Waals surface area contributed by atoms with Gasteiger partial charge < -0.3 is 5.32 Å². The molecule has 5 nitrogen and oxygen atoms in total. The van der Waals surface area contributed by atoms with Crippen LogP contribution in [0.4, 0.5) is 11.4 Å². The van der Waals surface area contributed by atoms with Crippen molar-refractivity contribution < 1.29 is 18.9 Å². The van der Waals surface area contributed by atoms with Crippen LogP contribution in [0.2, 0.25) is 0 Å². The third-order valence-electron chi connectivity index (χ3n) is 3.60. The fourth-order valence-corrected chi connectivity index (χ4v) is 2.97. The number of fused-ring (bicyclic) bond motifs is 1. The lowest BCUT2D eigenvalue weighted by Gasteiger charge is -2.08. The van der Waals surface area contributed by atoms with Crippen LogP contribution in [-0.4, -0.2) is 0 Å². The Morgan fingerprint density at radius 2 is 1.52 bits per heavy atom. The maximum absolute atomic E-state index is 11.7. The van der Waals surface area contributed by atoms with Crippen LogP contribution in [0, 0.1) is 6.92 Å². The first-order valence-corrected chi connectivity index (χ1v) is 8.45. The lowest BCUT2D eigenvalue weighted by Crippen LogP contribution is -2.52. The Balaban J connectivity index is 1.92. The number of anilines is 2. The molecule has 0 amide bonds. The summed E-state index contributed by atoms with van der Waals surface area (Å²) in [7, 11) is -3.78. The lowest BCUT2D eigenvalue weighted by atomic mass is 10.1. The molecule has 1 unspecified atom stereocenters. The zero-order chi connectivity index (χ0) is 16.4. The highest BCUT2D eigenvalue weighted by atomic mass is 32.3. The smallest absolute Gasteiger partial charge is 0.356 e. The molecule has 0 aliphatic rings. The summed E-state index contributed by atoms with van der Waals surface area (Å²) in [6, 6.07) is 18.7. The summed E-state index contributed by atoms with van der Waals surface area (Å²) < 4.78 is 27.7. The molecule has 3 rings (SSSR count). The van der Waals surface area contributed by atoms with Crippen molar-refractivity contribution in [2.45, 2.75) is 11.8 Å². The van der Waals surface area contributed by atoms with Gasteiger partial charge in [-0.25, -0.2) is 0 Å². The van der Waals surface area contributed by atoms with Gasteiger partial charge in [0.05, 0.1) is 8.84 Å². The van der Waals surface area contributed by atoms with Crippen molar-refractivity contribution in [1.82, 2.24) is 0 Å². The molecule has 3 aromatic carbocycles.